The van der Waals surface area contributed by atoms with E-state index < -0.39 is 0 Å². The number of aromatic hydroxyl groups is 1. The fourth-order valence-electron chi connectivity index (χ4n) is 3.88. The smallest absolute Gasteiger partial charge is 0.204 e. The predicted octanol–water partition coefficient (Wildman–Crippen LogP) is 2.82. The van der Waals surface area contributed by atoms with Gasteiger partial charge in [-0.1, -0.05) is 24.3 Å². The average Bonchev–Trinajstić information content (AvgIpc) is 2.56. The molecule has 0 bridgehead atoms. The number of phenols is 1. The second kappa shape index (κ2) is 4.92. The molecule has 1 aliphatic carbocycles. The van der Waals surface area contributed by atoms with Gasteiger partial charge in [-0.05, 0) is 36.1 Å². The average molecular weight is 297 g/mol. The van der Waals surface area contributed by atoms with Crippen molar-refractivity contribution in [2.75, 3.05) is 20.8 Å². The van der Waals surface area contributed by atoms with Crippen molar-refractivity contribution >= 4 is 0 Å². The van der Waals surface area contributed by atoms with Gasteiger partial charge in [0.2, 0.25) is 5.75 Å². The Morgan fingerprint density at radius 2 is 1.91 bits per heavy atom. The molecule has 1 heterocycles. The molecule has 1 atom stereocenters. The van der Waals surface area contributed by atoms with Crippen LogP contribution in [0.1, 0.15) is 22.7 Å². The molecular formula is C18H19NO3. The van der Waals surface area contributed by atoms with Crippen molar-refractivity contribution in [3.05, 3.63) is 41.0 Å². The van der Waals surface area contributed by atoms with Gasteiger partial charge in [0, 0.05) is 17.2 Å². The quantitative estimate of drug-likeness (QED) is 0.895. The van der Waals surface area contributed by atoms with E-state index in [9.17, 15) is 5.11 Å². The summed E-state index contributed by atoms with van der Waals surface area (Å²) in [6.45, 7) is 0.906. The normalized spacial score (nSPS) is 18.4. The van der Waals surface area contributed by atoms with Crippen LogP contribution in [-0.2, 0) is 12.8 Å². The number of phenolic OH excluding ortho intramolecular Hbond substituents is 1. The van der Waals surface area contributed by atoms with Gasteiger partial charge in [-0.15, -0.1) is 0 Å². The van der Waals surface area contributed by atoms with Crippen molar-refractivity contribution in [3.8, 4) is 28.4 Å². The first-order valence-corrected chi connectivity index (χ1v) is 7.57. The maximum atomic E-state index is 10.8. The van der Waals surface area contributed by atoms with Crippen LogP contribution in [-0.4, -0.2) is 25.9 Å². The third-order valence-electron chi connectivity index (χ3n) is 4.76. The Kier molecular flexibility index (Phi) is 3.01. The third-order valence-corrected chi connectivity index (χ3v) is 4.76. The molecule has 2 aromatic carbocycles. The van der Waals surface area contributed by atoms with Crippen molar-refractivity contribution in [3.63, 3.8) is 0 Å². The minimum atomic E-state index is 0.180. The summed E-state index contributed by atoms with van der Waals surface area (Å²) in [6.07, 6.45) is 1.81. The van der Waals surface area contributed by atoms with E-state index in [1.54, 1.807) is 14.2 Å². The zero-order valence-electron chi connectivity index (χ0n) is 12.8. The third kappa shape index (κ3) is 1.67. The van der Waals surface area contributed by atoms with Gasteiger partial charge in [0.15, 0.2) is 11.5 Å². The molecular weight excluding hydrogens is 278 g/mol. The highest BCUT2D eigenvalue weighted by molar-refractivity contribution is 5.85. The summed E-state index contributed by atoms with van der Waals surface area (Å²) >= 11 is 0. The maximum Gasteiger partial charge on any atom is 0.204 e. The van der Waals surface area contributed by atoms with Crippen molar-refractivity contribution in [1.29, 1.82) is 0 Å². The van der Waals surface area contributed by atoms with E-state index in [4.69, 9.17) is 9.47 Å². The molecule has 0 amide bonds. The Hall–Kier alpha value is -2.20. The van der Waals surface area contributed by atoms with Crippen LogP contribution in [0.4, 0.5) is 0 Å². The first-order chi connectivity index (χ1) is 10.8. The first kappa shape index (κ1) is 13.5. The highest BCUT2D eigenvalue weighted by atomic mass is 16.5. The van der Waals surface area contributed by atoms with Crippen molar-refractivity contribution in [1.82, 2.24) is 5.32 Å². The van der Waals surface area contributed by atoms with Crippen molar-refractivity contribution < 1.29 is 14.6 Å². The van der Waals surface area contributed by atoms with Gasteiger partial charge < -0.3 is 19.9 Å². The van der Waals surface area contributed by atoms with E-state index in [2.05, 4.69) is 17.4 Å². The second-order valence-electron chi connectivity index (χ2n) is 5.80. The SMILES string of the molecule is COc1c(O)c2c3c(c1OC)CCNC3Cc1ccccc1-2. The molecule has 0 spiro atoms. The molecule has 0 fully saturated rings. The van der Waals surface area contributed by atoms with E-state index in [0.29, 0.717) is 11.5 Å². The van der Waals surface area contributed by atoms with Gasteiger partial charge in [0.1, 0.15) is 0 Å². The highest BCUT2D eigenvalue weighted by Crippen LogP contribution is 2.54. The monoisotopic (exact) mass is 297 g/mol. The molecule has 1 aliphatic heterocycles. The Morgan fingerprint density at radius 3 is 2.68 bits per heavy atom. The van der Waals surface area contributed by atoms with Crippen LogP contribution in [0.5, 0.6) is 17.2 Å². The lowest BCUT2D eigenvalue weighted by Gasteiger charge is -2.36. The van der Waals surface area contributed by atoms with Crippen molar-refractivity contribution in [2.24, 2.45) is 0 Å². The van der Waals surface area contributed by atoms with Crippen LogP contribution in [0.2, 0.25) is 0 Å². The fourth-order valence-corrected chi connectivity index (χ4v) is 3.88. The minimum absolute atomic E-state index is 0.180. The molecule has 4 nitrogen and oxygen atoms in total. The van der Waals surface area contributed by atoms with E-state index >= 15 is 0 Å². The molecule has 4 rings (SSSR count). The summed E-state index contributed by atoms with van der Waals surface area (Å²) < 4.78 is 11.0. The van der Waals surface area contributed by atoms with Crippen LogP contribution in [0.3, 0.4) is 0 Å². The molecule has 114 valence electrons. The lowest BCUT2D eigenvalue weighted by molar-refractivity contribution is 0.326. The number of hydrogen-bond donors (Lipinski definition) is 2. The molecule has 4 heteroatoms. The number of hydrogen-bond acceptors (Lipinski definition) is 4. The highest BCUT2D eigenvalue weighted by Gasteiger charge is 2.36. The Balaban J connectivity index is 2.12. The summed E-state index contributed by atoms with van der Waals surface area (Å²) in [5, 5.41) is 14.4. The number of rotatable bonds is 2. The Labute approximate surface area is 129 Å². The largest absolute Gasteiger partial charge is 0.504 e. The molecule has 2 N–H and O–H groups in total. The molecule has 0 radical (unpaired) electrons. The van der Waals surface area contributed by atoms with Crippen LogP contribution < -0.4 is 14.8 Å². The molecule has 0 saturated carbocycles. The molecule has 2 aromatic rings. The van der Waals surface area contributed by atoms with E-state index in [0.717, 1.165) is 36.1 Å². The first-order valence-electron chi connectivity index (χ1n) is 7.57. The zero-order chi connectivity index (χ0) is 15.3. The van der Waals surface area contributed by atoms with Gasteiger partial charge in [0.05, 0.1) is 14.2 Å². The number of ether oxygens (including phenoxy) is 2. The van der Waals surface area contributed by atoms with Gasteiger partial charge in [-0.2, -0.15) is 0 Å². The van der Waals surface area contributed by atoms with Gasteiger partial charge >= 0.3 is 0 Å². The van der Waals surface area contributed by atoms with Gasteiger partial charge in [0.25, 0.3) is 0 Å². The summed E-state index contributed by atoms with van der Waals surface area (Å²) in [6, 6.07) is 8.48. The van der Waals surface area contributed by atoms with E-state index in [1.807, 2.05) is 12.1 Å². The predicted molar refractivity (Wildman–Crippen MR) is 84.8 cm³/mol. The van der Waals surface area contributed by atoms with Gasteiger partial charge in [-0.25, -0.2) is 0 Å². The Bertz CT molecular complexity index is 754. The molecule has 22 heavy (non-hydrogen) atoms. The van der Waals surface area contributed by atoms with Crippen molar-refractivity contribution in [2.45, 2.75) is 18.9 Å². The topological polar surface area (TPSA) is 50.7 Å². The summed E-state index contributed by atoms with van der Waals surface area (Å²) in [4.78, 5) is 0. The molecule has 1 unspecified atom stereocenters. The summed E-state index contributed by atoms with van der Waals surface area (Å²) in [7, 11) is 3.21. The number of methoxy groups -OCH3 is 2. The summed E-state index contributed by atoms with van der Waals surface area (Å²) in [5.74, 6) is 1.29. The Morgan fingerprint density at radius 1 is 1.14 bits per heavy atom. The lowest BCUT2D eigenvalue weighted by atomic mass is 9.77. The molecule has 0 aromatic heterocycles. The molecule has 0 saturated heterocycles. The van der Waals surface area contributed by atoms with Gasteiger partial charge in [-0.3, -0.25) is 0 Å². The van der Waals surface area contributed by atoms with E-state index in [-0.39, 0.29) is 11.8 Å². The van der Waals surface area contributed by atoms with Crippen LogP contribution in [0.15, 0.2) is 24.3 Å². The van der Waals surface area contributed by atoms with E-state index in [1.165, 1.54) is 11.1 Å². The number of nitrogens with one attached hydrogen (secondary N) is 1. The lowest BCUT2D eigenvalue weighted by Crippen LogP contribution is -2.34. The van der Waals surface area contributed by atoms with Crippen LogP contribution >= 0.6 is 0 Å². The van der Waals surface area contributed by atoms with Crippen LogP contribution in [0, 0.1) is 0 Å². The zero-order valence-corrected chi connectivity index (χ0v) is 12.8. The number of benzene rings is 2. The second-order valence-corrected chi connectivity index (χ2v) is 5.80. The van der Waals surface area contributed by atoms with Crippen LogP contribution in [0.25, 0.3) is 11.1 Å². The number of fused-ring (bicyclic) bond motifs is 2. The minimum Gasteiger partial charge on any atom is -0.504 e. The maximum absolute atomic E-state index is 10.8. The summed E-state index contributed by atoms with van der Waals surface area (Å²) in [5.41, 5.74) is 5.57. The fraction of sp³-hybridized carbons (Fsp3) is 0.333. The standard InChI is InChI=1S/C18H19NO3/c1-21-17-12-7-8-19-13-9-10-5-3-4-6-11(10)15(14(12)13)16(20)18(17)22-2/h3-6,13,19-20H,7-9H2,1-2H3. The molecule has 2 aliphatic rings.